The van der Waals surface area contributed by atoms with Crippen LogP contribution in [0, 0.1) is 0 Å². The summed E-state index contributed by atoms with van der Waals surface area (Å²) in [6.07, 6.45) is 2.99. The molecular formula is C12H13ClO2. The Morgan fingerprint density at radius 1 is 1.40 bits per heavy atom. The van der Waals surface area contributed by atoms with E-state index in [0.717, 1.165) is 24.8 Å². The molecule has 0 aromatic heterocycles. The van der Waals surface area contributed by atoms with Crippen molar-refractivity contribution in [3.05, 3.63) is 35.4 Å². The van der Waals surface area contributed by atoms with Gasteiger partial charge in [-0.05, 0) is 30.9 Å². The van der Waals surface area contributed by atoms with Crippen molar-refractivity contribution >= 4 is 17.6 Å². The number of alkyl halides is 1. The number of methoxy groups -OCH3 is 1. The number of ether oxygens (including phenoxy) is 1. The predicted octanol–water partition coefficient (Wildman–Crippen LogP) is 3.09. The lowest BCUT2D eigenvalue weighted by molar-refractivity contribution is 0.0597. The number of rotatable bonds is 2. The number of halogens is 1. The lowest BCUT2D eigenvalue weighted by Gasteiger charge is -2.37. The minimum absolute atomic E-state index is 0.308. The third-order valence-corrected chi connectivity index (χ3v) is 3.54. The molecule has 1 saturated carbocycles. The van der Waals surface area contributed by atoms with Crippen molar-refractivity contribution in [3.8, 4) is 0 Å². The van der Waals surface area contributed by atoms with Gasteiger partial charge in [0.15, 0.2) is 0 Å². The number of carbonyl (C=O) groups excluding carboxylic acids is 1. The molecule has 80 valence electrons. The molecule has 0 atom stereocenters. The van der Waals surface area contributed by atoms with E-state index >= 15 is 0 Å². The van der Waals surface area contributed by atoms with E-state index in [1.165, 1.54) is 7.11 Å². The molecule has 1 aromatic carbocycles. The minimum Gasteiger partial charge on any atom is -0.465 e. The number of benzene rings is 1. The summed E-state index contributed by atoms with van der Waals surface area (Å²) >= 11 is 6.43. The van der Waals surface area contributed by atoms with Crippen LogP contribution in [0.3, 0.4) is 0 Å². The Kier molecular flexibility index (Phi) is 2.70. The lowest BCUT2D eigenvalue weighted by atomic mass is 9.77. The van der Waals surface area contributed by atoms with Crippen molar-refractivity contribution in [1.29, 1.82) is 0 Å². The van der Waals surface area contributed by atoms with E-state index in [1.54, 1.807) is 6.07 Å². The molecule has 3 heteroatoms. The van der Waals surface area contributed by atoms with E-state index in [-0.39, 0.29) is 10.8 Å². The van der Waals surface area contributed by atoms with Gasteiger partial charge in [0, 0.05) is 0 Å². The highest BCUT2D eigenvalue weighted by Gasteiger charge is 2.39. The first-order valence-electron chi connectivity index (χ1n) is 5.04. The fourth-order valence-corrected chi connectivity index (χ4v) is 2.35. The zero-order valence-electron chi connectivity index (χ0n) is 8.63. The lowest BCUT2D eigenvalue weighted by Crippen LogP contribution is -2.29. The van der Waals surface area contributed by atoms with E-state index in [9.17, 15) is 4.79 Å². The molecule has 0 saturated heterocycles. The van der Waals surface area contributed by atoms with E-state index in [0.29, 0.717) is 5.56 Å². The molecule has 1 fully saturated rings. The molecule has 15 heavy (non-hydrogen) atoms. The van der Waals surface area contributed by atoms with E-state index in [2.05, 4.69) is 0 Å². The van der Waals surface area contributed by atoms with Crippen LogP contribution in [0.25, 0.3) is 0 Å². The van der Waals surface area contributed by atoms with Gasteiger partial charge in [-0.15, -0.1) is 11.6 Å². The normalized spacial score (nSPS) is 18.0. The molecule has 2 rings (SSSR count). The van der Waals surface area contributed by atoms with Crippen molar-refractivity contribution in [2.75, 3.05) is 7.11 Å². The van der Waals surface area contributed by atoms with Gasteiger partial charge in [-0.3, -0.25) is 0 Å². The van der Waals surface area contributed by atoms with E-state index in [4.69, 9.17) is 16.3 Å². The van der Waals surface area contributed by atoms with E-state index < -0.39 is 0 Å². The Balaban J connectivity index is 2.42. The molecule has 0 heterocycles. The molecule has 1 aromatic rings. The number of esters is 1. The zero-order chi connectivity index (χ0) is 10.9. The van der Waals surface area contributed by atoms with Gasteiger partial charge in [0.25, 0.3) is 0 Å². The highest BCUT2D eigenvalue weighted by atomic mass is 35.5. The molecule has 0 spiro atoms. The van der Waals surface area contributed by atoms with Gasteiger partial charge in [0.1, 0.15) is 0 Å². The SMILES string of the molecule is COC(=O)c1ccccc1C1(Cl)CCC1. The van der Waals surface area contributed by atoms with Crippen molar-refractivity contribution in [2.24, 2.45) is 0 Å². The van der Waals surface area contributed by atoms with Crippen molar-refractivity contribution in [3.63, 3.8) is 0 Å². The van der Waals surface area contributed by atoms with Gasteiger partial charge in [0.2, 0.25) is 0 Å². The van der Waals surface area contributed by atoms with Crippen LogP contribution in [0.5, 0.6) is 0 Å². The largest absolute Gasteiger partial charge is 0.465 e. The Morgan fingerprint density at radius 2 is 2.07 bits per heavy atom. The molecule has 0 radical (unpaired) electrons. The fourth-order valence-electron chi connectivity index (χ4n) is 1.92. The van der Waals surface area contributed by atoms with Crippen LogP contribution in [0.15, 0.2) is 24.3 Å². The van der Waals surface area contributed by atoms with Crippen LogP contribution in [0.2, 0.25) is 0 Å². The highest BCUT2D eigenvalue weighted by molar-refractivity contribution is 6.25. The summed E-state index contributed by atoms with van der Waals surface area (Å²) in [7, 11) is 1.39. The minimum atomic E-state index is -0.342. The Labute approximate surface area is 94.2 Å². The molecule has 0 aliphatic heterocycles. The maximum atomic E-state index is 11.5. The van der Waals surface area contributed by atoms with Crippen molar-refractivity contribution < 1.29 is 9.53 Å². The third kappa shape index (κ3) is 1.74. The summed E-state index contributed by atoms with van der Waals surface area (Å²) in [4.78, 5) is 11.2. The first-order chi connectivity index (χ1) is 7.17. The highest BCUT2D eigenvalue weighted by Crippen LogP contribution is 2.48. The molecule has 2 nitrogen and oxygen atoms in total. The fraction of sp³-hybridized carbons (Fsp3) is 0.417. The van der Waals surface area contributed by atoms with Crippen LogP contribution in [0.4, 0.5) is 0 Å². The summed E-state index contributed by atoms with van der Waals surface area (Å²) in [6, 6.07) is 7.42. The van der Waals surface area contributed by atoms with Gasteiger partial charge in [-0.25, -0.2) is 4.79 Å². The molecule has 0 bridgehead atoms. The quantitative estimate of drug-likeness (QED) is 0.570. The summed E-state index contributed by atoms with van der Waals surface area (Å²) < 4.78 is 4.74. The second-order valence-corrected chi connectivity index (χ2v) is 4.58. The monoisotopic (exact) mass is 224 g/mol. The smallest absolute Gasteiger partial charge is 0.338 e. The van der Waals surface area contributed by atoms with Gasteiger partial charge >= 0.3 is 5.97 Å². The van der Waals surface area contributed by atoms with Crippen molar-refractivity contribution in [1.82, 2.24) is 0 Å². The summed E-state index contributed by atoms with van der Waals surface area (Å²) in [5, 5.41) is 0. The van der Waals surface area contributed by atoms with Crippen LogP contribution >= 0.6 is 11.6 Å². The van der Waals surface area contributed by atoms with Crippen LogP contribution in [0.1, 0.15) is 35.2 Å². The Hall–Kier alpha value is -1.02. The molecule has 1 aliphatic carbocycles. The first kappa shape index (κ1) is 10.5. The summed E-state index contributed by atoms with van der Waals surface area (Å²) in [5.74, 6) is -0.308. The average Bonchev–Trinajstić information content (AvgIpc) is 2.25. The number of hydrogen-bond acceptors (Lipinski definition) is 2. The second-order valence-electron chi connectivity index (χ2n) is 3.86. The predicted molar refractivity (Wildman–Crippen MR) is 59.2 cm³/mol. The topological polar surface area (TPSA) is 26.3 Å². The maximum absolute atomic E-state index is 11.5. The standard InChI is InChI=1S/C12H13ClO2/c1-15-11(14)9-5-2-3-6-10(9)12(13)7-4-8-12/h2-3,5-6H,4,7-8H2,1H3. The molecule has 1 aliphatic rings. The zero-order valence-corrected chi connectivity index (χ0v) is 9.38. The van der Waals surface area contributed by atoms with E-state index in [1.807, 2.05) is 18.2 Å². The Bertz CT molecular complexity index is 383. The summed E-state index contributed by atoms with van der Waals surface area (Å²) in [6.45, 7) is 0. The average molecular weight is 225 g/mol. The van der Waals surface area contributed by atoms with Gasteiger partial charge in [0.05, 0.1) is 17.5 Å². The number of carbonyl (C=O) groups is 1. The number of hydrogen-bond donors (Lipinski definition) is 0. The van der Waals surface area contributed by atoms with Gasteiger partial charge < -0.3 is 4.74 Å². The van der Waals surface area contributed by atoms with Crippen LogP contribution in [-0.4, -0.2) is 13.1 Å². The molecule has 0 unspecified atom stereocenters. The third-order valence-electron chi connectivity index (χ3n) is 2.96. The first-order valence-corrected chi connectivity index (χ1v) is 5.42. The van der Waals surface area contributed by atoms with Crippen LogP contribution < -0.4 is 0 Å². The second kappa shape index (κ2) is 3.86. The molecule has 0 amide bonds. The van der Waals surface area contributed by atoms with Gasteiger partial charge in [-0.2, -0.15) is 0 Å². The molecule has 0 N–H and O–H groups in total. The van der Waals surface area contributed by atoms with Crippen molar-refractivity contribution in [2.45, 2.75) is 24.1 Å². The molecular weight excluding hydrogens is 212 g/mol. The summed E-state index contributed by atoms with van der Waals surface area (Å²) in [5.41, 5.74) is 1.50. The maximum Gasteiger partial charge on any atom is 0.338 e. The Morgan fingerprint density at radius 3 is 2.60 bits per heavy atom. The van der Waals surface area contributed by atoms with Crippen LogP contribution in [-0.2, 0) is 9.61 Å². The van der Waals surface area contributed by atoms with Gasteiger partial charge in [-0.1, -0.05) is 18.2 Å².